The Morgan fingerprint density at radius 3 is 2.54 bits per heavy atom. The number of carbonyl (C=O) groups is 1. The Labute approximate surface area is 152 Å². The minimum absolute atomic E-state index is 0.148. The van der Waals surface area contributed by atoms with Crippen molar-refractivity contribution in [3.05, 3.63) is 88.1 Å². The highest BCUT2D eigenvalue weighted by molar-refractivity contribution is 5.94. The van der Waals surface area contributed by atoms with Gasteiger partial charge in [-0.15, -0.1) is 0 Å². The van der Waals surface area contributed by atoms with Crippen LogP contribution in [-0.4, -0.2) is 27.8 Å². The van der Waals surface area contributed by atoms with E-state index in [9.17, 15) is 9.59 Å². The van der Waals surface area contributed by atoms with E-state index in [1.54, 1.807) is 31.3 Å². The Morgan fingerprint density at radius 2 is 1.85 bits per heavy atom. The van der Waals surface area contributed by atoms with E-state index >= 15 is 0 Å². The fraction of sp³-hybridized carbons (Fsp3) is 0.190. The molecule has 0 aliphatic rings. The highest BCUT2D eigenvalue weighted by Crippen LogP contribution is 2.25. The molecule has 132 valence electrons. The summed E-state index contributed by atoms with van der Waals surface area (Å²) in [4.78, 5) is 33.4. The van der Waals surface area contributed by atoms with E-state index in [0.717, 1.165) is 22.4 Å². The number of pyridine rings is 2. The fourth-order valence-electron chi connectivity index (χ4n) is 2.85. The molecule has 0 bridgehead atoms. The van der Waals surface area contributed by atoms with Crippen LogP contribution in [0, 0.1) is 6.92 Å². The number of benzene rings is 1. The standard InChI is InChI=1S/C21H21N3O2/c1-14-11-20(25)19(13-23-14)21(26)24(3)15(2)17-5-4-6-18(12-17)16-7-9-22-10-8-16/h4-13,15H,1-3H3,(H,23,25)/t15-/m1/s1. The van der Waals surface area contributed by atoms with Crippen LogP contribution in [0.25, 0.3) is 11.1 Å². The van der Waals surface area contributed by atoms with Crippen LogP contribution in [0.5, 0.6) is 0 Å². The molecule has 5 nitrogen and oxygen atoms in total. The lowest BCUT2D eigenvalue weighted by molar-refractivity contribution is 0.0741. The number of nitrogens with zero attached hydrogens (tertiary/aromatic N) is 2. The van der Waals surface area contributed by atoms with Crippen molar-refractivity contribution in [2.75, 3.05) is 7.05 Å². The number of aromatic amines is 1. The number of carbonyl (C=O) groups excluding carboxylic acids is 1. The normalized spacial score (nSPS) is 11.8. The van der Waals surface area contributed by atoms with Gasteiger partial charge in [-0.3, -0.25) is 14.6 Å². The van der Waals surface area contributed by atoms with E-state index in [4.69, 9.17) is 0 Å². The fourth-order valence-corrected chi connectivity index (χ4v) is 2.85. The molecule has 0 saturated heterocycles. The van der Waals surface area contributed by atoms with Crippen LogP contribution in [0.3, 0.4) is 0 Å². The van der Waals surface area contributed by atoms with E-state index in [1.165, 1.54) is 12.3 Å². The van der Waals surface area contributed by atoms with Crippen molar-refractivity contribution in [3.63, 3.8) is 0 Å². The van der Waals surface area contributed by atoms with E-state index < -0.39 is 0 Å². The van der Waals surface area contributed by atoms with Gasteiger partial charge in [0.1, 0.15) is 5.56 Å². The molecule has 0 radical (unpaired) electrons. The molecule has 0 aliphatic heterocycles. The van der Waals surface area contributed by atoms with Gasteiger partial charge in [-0.2, -0.15) is 0 Å². The summed E-state index contributed by atoms with van der Waals surface area (Å²) in [6, 6.07) is 13.2. The first-order chi connectivity index (χ1) is 12.5. The SMILES string of the molecule is Cc1cc(=O)c(C(=O)N(C)[C@H](C)c2cccc(-c3ccncc3)c2)c[nH]1. The quantitative estimate of drug-likeness (QED) is 0.784. The zero-order valence-electron chi connectivity index (χ0n) is 15.1. The van der Waals surface area contributed by atoms with Crippen LogP contribution in [0.15, 0.2) is 65.8 Å². The van der Waals surface area contributed by atoms with Crippen LogP contribution < -0.4 is 5.43 Å². The van der Waals surface area contributed by atoms with Gasteiger partial charge in [-0.05, 0) is 48.7 Å². The molecule has 2 heterocycles. The summed E-state index contributed by atoms with van der Waals surface area (Å²) >= 11 is 0. The van der Waals surface area contributed by atoms with E-state index in [1.807, 2.05) is 37.3 Å². The number of aryl methyl sites for hydroxylation is 1. The van der Waals surface area contributed by atoms with Crippen LogP contribution in [0.2, 0.25) is 0 Å². The van der Waals surface area contributed by atoms with Crippen molar-refractivity contribution < 1.29 is 4.79 Å². The number of aromatic nitrogens is 2. The lowest BCUT2D eigenvalue weighted by Crippen LogP contribution is -2.33. The molecule has 1 amide bonds. The average Bonchev–Trinajstić information content (AvgIpc) is 2.67. The van der Waals surface area contributed by atoms with Crippen LogP contribution in [0.4, 0.5) is 0 Å². The molecule has 26 heavy (non-hydrogen) atoms. The maximum Gasteiger partial charge on any atom is 0.259 e. The smallest absolute Gasteiger partial charge is 0.259 e. The second-order valence-electron chi connectivity index (χ2n) is 6.35. The summed E-state index contributed by atoms with van der Waals surface area (Å²) in [7, 11) is 1.71. The molecular formula is C21H21N3O2. The molecule has 0 spiro atoms. The van der Waals surface area contributed by atoms with Crippen molar-refractivity contribution in [1.29, 1.82) is 0 Å². The first-order valence-electron chi connectivity index (χ1n) is 8.44. The first kappa shape index (κ1) is 17.6. The van der Waals surface area contributed by atoms with Crippen LogP contribution >= 0.6 is 0 Å². The Hall–Kier alpha value is -3.21. The maximum atomic E-state index is 12.7. The van der Waals surface area contributed by atoms with Crippen molar-refractivity contribution >= 4 is 5.91 Å². The molecule has 0 aliphatic carbocycles. The van der Waals surface area contributed by atoms with Gasteiger partial charge in [-0.1, -0.05) is 18.2 Å². The monoisotopic (exact) mass is 347 g/mol. The predicted molar refractivity (Wildman–Crippen MR) is 102 cm³/mol. The van der Waals surface area contributed by atoms with Gasteiger partial charge in [0.15, 0.2) is 5.43 Å². The molecule has 0 unspecified atom stereocenters. The molecular weight excluding hydrogens is 326 g/mol. The van der Waals surface area contributed by atoms with Crippen LogP contribution in [-0.2, 0) is 0 Å². The minimum Gasteiger partial charge on any atom is -0.364 e. The number of hydrogen-bond donors (Lipinski definition) is 1. The summed E-state index contributed by atoms with van der Waals surface area (Å²) in [5.41, 5.74) is 3.74. The predicted octanol–water partition coefficient (Wildman–Crippen LogP) is 3.58. The highest BCUT2D eigenvalue weighted by Gasteiger charge is 2.21. The van der Waals surface area contributed by atoms with E-state index in [-0.39, 0.29) is 22.9 Å². The number of hydrogen-bond acceptors (Lipinski definition) is 3. The van der Waals surface area contributed by atoms with Gasteiger partial charge in [-0.25, -0.2) is 0 Å². The molecule has 1 atom stereocenters. The van der Waals surface area contributed by atoms with Gasteiger partial charge in [0.25, 0.3) is 5.91 Å². The van der Waals surface area contributed by atoms with Gasteiger partial charge in [0, 0.05) is 37.4 Å². The lowest BCUT2D eigenvalue weighted by atomic mass is 10.00. The largest absolute Gasteiger partial charge is 0.364 e. The van der Waals surface area contributed by atoms with Crippen molar-refractivity contribution in [1.82, 2.24) is 14.9 Å². The first-order valence-corrected chi connectivity index (χ1v) is 8.44. The highest BCUT2D eigenvalue weighted by atomic mass is 16.2. The Morgan fingerprint density at radius 1 is 1.12 bits per heavy atom. The van der Waals surface area contributed by atoms with Crippen LogP contribution in [0.1, 0.15) is 34.6 Å². The molecule has 1 N–H and O–H groups in total. The average molecular weight is 347 g/mol. The second-order valence-corrected chi connectivity index (χ2v) is 6.35. The summed E-state index contributed by atoms with van der Waals surface area (Å²) in [5.74, 6) is -0.298. The van der Waals surface area contributed by atoms with E-state index in [2.05, 4.69) is 16.0 Å². The molecule has 3 aromatic rings. The summed E-state index contributed by atoms with van der Waals surface area (Å²) in [6.07, 6.45) is 4.99. The maximum absolute atomic E-state index is 12.7. The van der Waals surface area contributed by atoms with Crippen molar-refractivity contribution in [2.45, 2.75) is 19.9 Å². The molecule has 0 fully saturated rings. The number of nitrogens with one attached hydrogen (secondary N) is 1. The van der Waals surface area contributed by atoms with E-state index in [0.29, 0.717) is 0 Å². The Kier molecular flexibility index (Phi) is 4.98. The minimum atomic E-state index is -0.298. The zero-order valence-corrected chi connectivity index (χ0v) is 15.1. The third kappa shape index (κ3) is 3.57. The van der Waals surface area contributed by atoms with Crippen molar-refractivity contribution in [3.8, 4) is 11.1 Å². The third-order valence-electron chi connectivity index (χ3n) is 4.57. The molecule has 1 aromatic carbocycles. The zero-order chi connectivity index (χ0) is 18.7. The number of rotatable bonds is 4. The molecule has 3 rings (SSSR count). The molecule has 0 saturated carbocycles. The van der Waals surface area contributed by atoms with Gasteiger partial charge < -0.3 is 9.88 Å². The third-order valence-corrected chi connectivity index (χ3v) is 4.57. The Balaban J connectivity index is 1.88. The number of H-pyrrole nitrogens is 1. The van der Waals surface area contributed by atoms with Gasteiger partial charge in [0.05, 0.1) is 6.04 Å². The topological polar surface area (TPSA) is 66.1 Å². The van der Waals surface area contributed by atoms with Crippen molar-refractivity contribution in [2.24, 2.45) is 0 Å². The van der Waals surface area contributed by atoms with Gasteiger partial charge >= 0.3 is 0 Å². The molecule has 2 aromatic heterocycles. The van der Waals surface area contributed by atoms with Gasteiger partial charge in [0.2, 0.25) is 0 Å². The number of amides is 1. The second kappa shape index (κ2) is 7.35. The summed E-state index contributed by atoms with van der Waals surface area (Å²) in [6.45, 7) is 3.73. The lowest BCUT2D eigenvalue weighted by Gasteiger charge is -2.25. The Bertz CT molecular complexity index is 980. The molecule has 5 heteroatoms. The summed E-state index contributed by atoms with van der Waals surface area (Å²) in [5, 5.41) is 0. The summed E-state index contributed by atoms with van der Waals surface area (Å²) < 4.78 is 0.